The lowest BCUT2D eigenvalue weighted by Crippen LogP contribution is -2.46. The topological polar surface area (TPSA) is 49.3 Å². The maximum Gasteiger partial charge on any atom is 0.251 e. The lowest BCUT2D eigenvalue weighted by Gasteiger charge is -2.37. The Morgan fingerprint density at radius 2 is 1.88 bits per heavy atom. The maximum atomic E-state index is 13.4. The molecule has 3 nitrogen and oxygen atoms in total. The van der Waals surface area contributed by atoms with Gasteiger partial charge in [-0.1, -0.05) is 31.2 Å². The highest BCUT2D eigenvalue weighted by Gasteiger charge is 2.33. The SMILES string of the molecule is CCC(NC(=O)c1cccc(-c2cccc(F)c2)c1)C1CC(O)C1. The van der Waals surface area contributed by atoms with E-state index in [-0.39, 0.29) is 23.9 Å². The summed E-state index contributed by atoms with van der Waals surface area (Å²) >= 11 is 0. The second-order valence-electron chi connectivity index (χ2n) is 6.46. The number of rotatable bonds is 5. The van der Waals surface area contributed by atoms with Gasteiger partial charge in [0.15, 0.2) is 0 Å². The Labute approximate surface area is 141 Å². The van der Waals surface area contributed by atoms with Gasteiger partial charge in [0.25, 0.3) is 5.91 Å². The molecule has 0 saturated heterocycles. The van der Waals surface area contributed by atoms with E-state index in [0.717, 1.165) is 30.4 Å². The van der Waals surface area contributed by atoms with E-state index < -0.39 is 0 Å². The number of nitrogens with one attached hydrogen (secondary N) is 1. The molecular formula is C20H22FNO2. The number of hydrogen-bond donors (Lipinski definition) is 2. The van der Waals surface area contributed by atoms with E-state index >= 15 is 0 Å². The van der Waals surface area contributed by atoms with Crippen LogP contribution in [0.2, 0.25) is 0 Å². The summed E-state index contributed by atoms with van der Waals surface area (Å²) in [5, 5.41) is 12.5. The Hall–Kier alpha value is -2.20. The van der Waals surface area contributed by atoms with E-state index in [0.29, 0.717) is 11.5 Å². The van der Waals surface area contributed by atoms with Gasteiger partial charge in [-0.25, -0.2) is 4.39 Å². The minimum Gasteiger partial charge on any atom is -0.393 e. The number of amides is 1. The number of carbonyl (C=O) groups excluding carboxylic acids is 1. The van der Waals surface area contributed by atoms with Gasteiger partial charge in [0.2, 0.25) is 0 Å². The van der Waals surface area contributed by atoms with Gasteiger partial charge in [-0.15, -0.1) is 0 Å². The number of hydrogen-bond acceptors (Lipinski definition) is 2. The highest BCUT2D eigenvalue weighted by Crippen LogP contribution is 2.31. The second-order valence-corrected chi connectivity index (χ2v) is 6.46. The van der Waals surface area contributed by atoms with Gasteiger partial charge in [0.05, 0.1) is 6.10 Å². The Morgan fingerprint density at radius 1 is 1.21 bits per heavy atom. The van der Waals surface area contributed by atoms with E-state index in [1.54, 1.807) is 18.2 Å². The molecular weight excluding hydrogens is 305 g/mol. The molecule has 1 unspecified atom stereocenters. The molecule has 2 aromatic rings. The fraction of sp³-hybridized carbons (Fsp3) is 0.350. The van der Waals surface area contributed by atoms with Crippen LogP contribution in [0.4, 0.5) is 4.39 Å². The normalized spacial score (nSPS) is 21.0. The third-order valence-electron chi connectivity index (χ3n) is 4.76. The third kappa shape index (κ3) is 3.65. The quantitative estimate of drug-likeness (QED) is 0.878. The van der Waals surface area contributed by atoms with Crippen LogP contribution in [0.1, 0.15) is 36.5 Å². The van der Waals surface area contributed by atoms with Crippen LogP contribution in [-0.4, -0.2) is 23.2 Å². The number of benzene rings is 2. The molecule has 4 heteroatoms. The largest absolute Gasteiger partial charge is 0.393 e. The lowest BCUT2D eigenvalue weighted by atomic mass is 9.76. The zero-order chi connectivity index (χ0) is 17.1. The molecule has 0 spiro atoms. The number of halogens is 1. The first-order valence-corrected chi connectivity index (χ1v) is 8.41. The average molecular weight is 327 g/mol. The highest BCUT2D eigenvalue weighted by atomic mass is 19.1. The van der Waals surface area contributed by atoms with Gasteiger partial charge >= 0.3 is 0 Å². The van der Waals surface area contributed by atoms with Gasteiger partial charge in [-0.2, -0.15) is 0 Å². The summed E-state index contributed by atoms with van der Waals surface area (Å²) in [5.74, 6) is -0.0706. The van der Waals surface area contributed by atoms with Crippen LogP contribution in [0.15, 0.2) is 48.5 Å². The first-order valence-electron chi connectivity index (χ1n) is 8.41. The van der Waals surface area contributed by atoms with Crippen LogP contribution in [0.5, 0.6) is 0 Å². The van der Waals surface area contributed by atoms with Crippen molar-refractivity contribution in [1.29, 1.82) is 0 Å². The van der Waals surface area contributed by atoms with E-state index in [2.05, 4.69) is 5.32 Å². The van der Waals surface area contributed by atoms with Gasteiger partial charge in [-0.3, -0.25) is 4.79 Å². The molecule has 1 atom stereocenters. The van der Waals surface area contributed by atoms with E-state index in [1.807, 2.05) is 25.1 Å². The van der Waals surface area contributed by atoms with Crippen molar-refractivity contribution in [2.45, 2.75) is 38.3 Å². The third-order valence-corrected chi connectivity index (χ3v) is 4.76. The average Bonchev–Trinajstić information content (AvgIpc) is 2.57. The standard InChI is InChI=1S/C20H22FNO2/c1-2-19(16-11-18(23)12-16)22-20(24)15-7-3-5-13(9-15)14-6-4-8-17(21)10-14/h3-10,16,18-19,23H,2,11-12H2,1H3,(H,22,24). The second kappa shape index (κ2) is 7.14. The molecule has 1 amide bonds. The van der Waals surface area contributed by atoms with Crippen molar-refractivity contribution in [1.82, 2.24) is 5.32 Å². The molecule has 0 aliphatic heterocycles. The zero-order valence-electron chi connectivity index (χ0n) is 13.7. The zero-order valence-corrected chi connectivity index (χ0v) is 13.7. The minimum absolute atomic E-state index is 0.0822. The van der Waals surface area contributed by atoms with Gasteiger partial charge < -0.3 is 10.4 Å². The Morgan fingerprint density at radius 3 is 2.50 bits per heavy atom. The Bertz CT molecular complexity index is 725. The van der Waals surface area contributed by atoms with Crippen molar-refractivity contribution >= 4 is 5.91 Å². The molecule has 126 valence electrons. The number of aliphatic hydroxyl groups excluding tert-OH is 1. The summed E-state index contributed by atoms with van der Waals surface area (Å²) in [6, 6.07) is 13.7. The first-order chi connectivity index (χ1) is 11.6. The first kappa shape index (κ1) is 16.7. The van der Waals surface area contributed by atoms with Crippen molar-refractivity contribution < 1.29 is 14.3 Å². The molecule has 0 heterocycles. The summed E-state index contributed by atoms with van der Waals surface area (Å²) in [4.78, 5) is 12.5. The Balaban J connectivity index is 1.74. The molecule has 0 aromatic heterocycles. The predicted molar refractivity (Wildman–Crippen MR) is 92.1 cm³/mol. The molecule has 1 fully saturated rings. The van der Waals surface area contributed by atoms with Crippen LogP contribution < -0.4 is 5.32 Å². The van der Waals surface area contributed by atoms with E-state index in [1.165, 1.54) is 12.1 Å². The molecule has 1 aliphatic rings. The molecule has 2 aromatic carbocycles. The van der Waals surface area contributed by atoms with Crippen molar-refractivity contribution in [3.63, 3.8) is 0 Å². The molecule has 1 aliphatic carbocycles. The van der Waals surface area contributed by atoms with Crippen LogP contribution in [0.3, 0.4) is 0 Å². The van der Waals surface area contributed by atoms with Crippen molar-refractivity contribution in [2.24, 2.45) is 5.92 Å². The van der Waals surface area contributed by atoms with Gasteiger partial charge in [0, 0.05) is 11.6 Å². The number of aliphatic hydroxyl groups is 1. The van der Waals surface area contributed by atoms with Crippen molar-refractivity contribution in [3.05, 3.63) is 59.9 Å². The predicted octanol–water partition coefficient (Wildman–Crippen LogP) is 3.77. The molecule has 2 N–H and O–H groups in total. The van der Waals surface area contributed by atoms with Gasteiger partial charge in [0.1, 0.15) is 5.82 Å². The summed E-state index contributed by atoms with van der Waals surface area (Å²) in [6.45, 7) is 2.04. The van der Waals surface area contributed by atoms with Gasteiger partial charge in [-0.05, 0) is 60.6 Å². The van der Waals surface area contributed by atoms with Crippen molar-refractivity contribution in [3.8, 4) is 11.1 Å². The fourth-order valence-electron chi connectivity index (χ4n) is 3.27. The summed E-state index contributed by atoms with van der Waals surface area (Å²) in [5.41, 5.74) is 2.13. The monoisotopic (exact) mass is 327 g/mol. The minimum atomic E-state index is -0.294. The molecule has 0 radical (unpaired) electrons. The van der Waals surface area contributed by atoms with Crippen LogP contribution in [0, 0.1) is 11.7 Å². The number of carbonyl (C=O) groups is 1. The summed E-state index contributed by atoms with van der Waals surface area (Å²) in [6.07, 6.45) is 2.12. The highest BCUT2D eigenvalue weighted by molar-refractivity contribution is 5.95. The summed E-state index contributed by atoms with van der Waals surface area (Å²) in [7, 11) is 0. The van der Waals surface area contributed by atoms with Crippen LogP contribution in [-0.2, 0) is 0 Å². The summed E-state index contributed by atoms with van der Waals surface area (Å²) < 4.78 is 13.4. The van der Waals surface area contributed by atoms with Crippen molar-refractivity contribution in [2.75, 3.05) is 0 Å². The Kier molecular flexibility index (Phi) is 4.95. The molecule has 3 rings (SSSR count). The maximum absolute atomic E-state index is 13.4. The lowest BCUT2D eigenvalue weighted by molar-refractivity contribution is 0.0232. The van der Waals surface area contributed by atoms with Crippen LogP contribution >= 0.6 is 0 Å². The van der Waals surface area contributed by atoms with Crippen LogP contribution in [0.25, 0.3) is 11.1 Å². The molecule has 1 saturated carbocycles. The molecule has 0 bridgehead atoms. The fourth-order valence-corrected chi connectivity index (χ4v) is 3.27. The van der Waals surface area contributed by atoms with E-state index in [9.17, 15) is 14.3 Å². The smallest absolute Gasteiger partial charge is 0.251 e. The molecule has 24 heavy (non-hydrogen) atoms. The van der Waals surface area contributed by atoms with E-state index in [4.69, 9.17) is 0 Å².